The first kappa shape index (κ1) is 31.6. The molecule has 3 heterocycles. The summed E-state index contributed by atoms with van der Waals surface area (Å²) in [6.45, 7) is 0.523. The Morgan fingerprint density at radius 3 is 2.33 bits per heavy atom. The first-order valence-corrected chi connectivity index (χ1v) is 13.9. The average Bonchev–Trinajstić information content (AvgIpc) is 3.81. The van der Waals surface area contributed by atoms with Gasteiger partial charge in [-0.25, -0.2) is 28.1 Å². The molecule has 2 aromatic heterocycles. The summed E-state index contributed by atoms with van der Waals surface area (Å²) in [4.78, 5) is 30.0. The Morgan fingerprint density at radius 1 is 0.978 bits per heavy atom. The van der Waals surface area contributed by atoms with E-state index in [0.29, 0.717) is 24.3 Å². The van der Waals surface area contributed by atoms with Crippen LogP contribution < -0.4 is 14.8 Å². The molecule has 46 heavy (non-hydrogen) atoms. The van der Waals surface area contributed by atoms with Crippen LogP contribution in [0.25, 0.3) is 0 Å². The number of aromatic nitrogens is 6. The van der Waals surface area contributed by atoms with Gasteiger partial charge in [0.25, 0.3) is 5.69 Å². The van der Waals surface area contributed by atoms with Crippen molar-refractivity contribution in [2.45, 2.75) is 31.5 Å². The summed E-state index contributed by atoms with van der Waals surface area (Å²) in [5.74, 6) is -0.379. The van der Waals surface area contributed by atoms with E-state index in [1.54, 1.807) is 18.2 Å². The van der Waals surface area contributed by atoms with Crippen LogP contribution in [0.15, 0.2) is 86.0 Å². The Morgan fingerprint density at radius 2 is 1.67 bits per heavy atom. The maximum absolute atomic E-state index is 14.1. The van der Waals surface area contributed by atoms with Gasteiger partial charge in [-0.2, -0.15) is 10.2 Å². The molecule has 0 radical (unpaired) electrons. The van der Waals surface area contributed by atoms with Gasteiger partial charge in [0.15, 0.2) is 11.5 Å². The fraction of sp³-hybridized carbons (Fsp3) is 0.233. The minimum Gasteiger partial charge on any atom is -0.454 e. The van der Waals surface area contributed by atoms with Gasteiger partial charge in [-0.3, -0.25) is 14.9 Å². The number of halogens is 2. The van der Waals surface area contributed by atoms with Gasteiger partial charge in [0, 0.05) is 29.8 Å². The van der Waals surface area contributed by atoms with Crippen LogP contribution in [0.5, 0.6) is 11.5 Å². The second kappa shape index (κ2) is 14.3. The van der Waals surface area contributed by atoms with E-state index in [1.165, 1.54) is 46.8 Å². The number of hydrogen-bond donors (Lipinski definition) is 2. The summed E-state index contributed by atoms with van der Waals surface area (Å²) in [5, 5.41) is 32.5. The minimum atomic E-state index is -1.70. The largest absolute Gasteiger partial charge is 0.454 e. The molecule has 0 unspecified atom stereocenters. The quantitative estimate of drug-likeness (QED) is 0.163. The fourth-order valence-corrected chi connectivity index (χ4v) is 4.77. The molecule has 1 amide bonds. The number of benzene rings is 3. The topological polar surface area (TPSA) is 172 Å². The number of nitro groups is 1. The molecule has 6 rings (SSSR count). The molecule has 5 aromatic rings. The summed E-state index contributed by atoms with van der Waals surface area (Å²) in [5.41, 5.74) is -0.365. The molecule has 0 saturated carbocycles. The summed E-state index contributed by atoms with van der Waals surface area (Å²) >= 11 is 0. The lowest BCUT2D eigenvalue weighted by atomic mass is 9.93. The zero-order valence-electron chi connectivity index (χ0n) is 24.2. The SMILES string of the molecule is O=C(Cc1ccccc1[N+](=O)[O-])NCCc1ccc2c(c1)OCO2.OC(Cn1cncn1)(Cn1cncn1)c1ccc(F)cc1F. The van der Waals surface area contributed by atoms with E-state index in [9.17, 15) is 28.8 Å². The van der Waals surface area contributed by atoms with Crippen LogP contribution >= 0.6 is 0 Å². The molecule has 2 N–H and O–H groups in total. The molecule has 0 spiro atoms. The third-order valence-electron chi connectivity index (χ3n) is 6.92. The first-order chi connectivity index (χ1) is 22.2. The molecule has 0 aliphatic carbocycles. The van der Waals surface area contributed by atoms with Gasteiger partial charge >= 0.3 is 0 Å². The number of carbonyl (C=O) groups excluding carboxylic acids is 1. The molecular weight excluding hydrogens is 606 g/mol. The van der Waals surface area contributed by atoms with Crippen molar-refractivity contribution in [3.05, 3.63) is 124 Å². The molecule has 1 aliphatic rings. The maximum Gasteiger partial charge on any atom is 0.273 e. The second-order valence-electron chi connectivity index (χ2n) is 10.2. The van der Waals surface area contributed by atoms with Crippen LogP contribution in [-0.4, -0.2) is 58.8 Å². The number of carbonyl (C=O) groups is 1. The maximum atomic E-state index is 14.1. The summed E-state index contributed by atoms with van der Waals surface area (Å²) < 4.78 is 40.5. The first-order valence-electron chi connectivity index (χ1n) is 13.9. The predicted octanol–water partition coefficient (Wildman–Crippen LogP) is 2.96. The van der Waals surface area contributed by atoms with E-state index >= 15 is 0 Å². The Labute approximate surface area is 260 Å². The van der Waals surface area contributed by atoms with E-state index in [1.807, 2.05) is 18.2 Å². The Hall–Kier alpha value is -5.77. The van der Waals surface area contributed by atoms with Gasteiger partial charge in [0.2, 0.25) is 12.7 Å². The molecule has 238 valence electrons. The molecule has 0 bridgehead atoms. The fourth-order valence-electron chi connectivity index (χ4n) is 4.77. The Kier molecular flexibility index (Phi) is 9.87. The number of nitrogens with zero attached hydrogens (tertiary/aromatic N) is 7. The second-order valence-corrected chi connectivity index (χ2v) is 10.2. The Bertz CT molecular complexity index is 1750. The molecule has 3 aromatic carbocycles. The molecule has 0 saturated heterocycles. The van der Waals surface area contributed by atoms with Crippen molar-refractivity contribution in [3.8, 4) is 11.5 Å². The van der Waals surface area contributed by atoms with E-state index in [4.69, 9.17) is 9.47 Å². The third-order valence-corrected chi connectivity index (χ3v) is 6.92. The highest BCUT2D eigenvalue weighted by atomic mass is 19.1. The minimum absolute atomic E-state index is 0.0156. The van der Waals surface area contributed by atoms with Crippen molar-refractivity contribution in [3.63, 3.8) is 0 Å². The van der Waals surface area contributed by atoms with Crippen LogP contribution in [0.2, 0.25) is 0 Å². The van der Waals surface area contributed by atoms with Crippen LogP contribution in [-0.2, 0) is 36.3 Å². The van der Waals surface area contributed by atoms with Gasteiger partial charge in [0.1, 0.15) is 42.5 Å². The number of amides is 1. The third kappa shape index (κ3) is 8.03. The standard InChI is InChI=1S/C17H16N2O5.C13H12F2N6O/c20-17(10-13-3-1-2-4-14(13)19(21)22)18-8-7-12-5-6-15-16(9-12)24-11-23-15;14-10-1-2-11(12(15)3-10)13(22,4-20-8-16-6-18-20)5-21-9-17-7-19-21/h1-6,9H,7-8,10-11H2,(H,18,20);1-3,6-9,22H,4-5H2. The van der Waals surface area contributed by atoms with Crippen molar-refractivity contribution in [1.82, 2.24) is 34.8 Å². The number of nitro benzene ring substituents is 1. The van der Waals surface area contributed by atoms with Crippen molar-refractivity contribution in [2.75, 3.05) is 13.3 Å². The van der Waals surface area contributed by atoms with Gasteiger partial charge < -0.3 is 19.9 Å². The van der Waals surface area contributed by atoms with Gasteiger partial charge in [0.05, 0.1) is 24.4 Å². The van der Waals surface area contributed by atoms with E-state index in [-0.39, 0.29) is 43.5 Å². The number of ether oxygens (including phenoxy) is 2. The lowest BCUT2D eigenvalue weighted by molar-refractivity contribution is -0.385. The van der Waals surface area contributed by atoms with Crippen LogP contribution in [0.1, 0.15) is 16.7 Å². The molecule has 1 aliphatic heterocycles. The van der Waals surface area contributed by atoms with Gasteiger partial charge in [-0.1, -0.05) is 30.3 Å². The van der Waals surface area contributed by atoms with Crippen molar-refractivity contribution < 1.29 is 33.1 Å². The smallest absolute Gasteiger partial charge is 0.273 e. The average molecular weight is 635 g/mol. The molecule has 0 atom stereocenters. The van der Waals surface area contributed by atoms with Gasteiger partial charge in [-0.05, 0) is 30.2 Å². The lowest BCUT2D eigenvalue weighted by Crippen LogP contribution is -2.37. The normalized spacial score (nSPS) is 11.9. The molecular formula is C30H28F2N8O6. The number of rotatable bonds is 11. The van der Waals surface area contributed by atoms with E-state index in [2.05, 4.69) is 25.5 Å². The van der Waals surface area contributed by atoms with Crippen molar-refractivity contribution >= 4 is 11.6 Å². The van der Waals surface area contributed by atoms with E-state index < -0.39 is 22.2 Å². The van der Waals surface area contributed by atoms with Crippen molar-refractivity contribution in [1.29, 1.82) is 0 Å². The summed E-state index contributed by atoms with van der Waals surface area (Å²) in [6, 6.07) is 14.9. The van der Waals surface area contributed by atoms with Crippen molar-refractivity contribution in [2.24, 2.45) is 0 Å². The number of nitrogens with one attached hydrogen (secondary N) is 1. The van der Waals surface area contributed by atoms with Crippen LogP contribution in [0, 0.1) is 21.7 Å². The summed E-state index contributed by atoms with van der Waals surface area (Å²) in [7, 11) is 0. The van der Waals surface area contributed by atoms with Crippen LogP contribution in [0.3, 0.4) is 0 Å². The molecule has 16 heteroatoms. The number of para-hydroxylation sites is 1. The lowest BCUT2D eigenvalue weighted by Gasteiger charge is -2.28. The summed E-state index contributed by atoms with van der Waals surface area (Å²) in [6.07, 6.45) is 6.02. The highest BCUT2D eigenvalue weighted by molar-refractivity contribution is 5.79. The van der Waals surface area contributed by atoms with E-state index in [0.717, 1.165) is 23.4 Å². The zero-order chi connectivity index (χ0) is 32.5. The highest BCUT2D eigenvalue weighted by Crippen LogP contribution is 2.32. The Balaban J connectivity index is 0.000000182. The van der Waals surface area contributed by atoms with Gasteiger partial charge in [-0.15, -0.1) is 0 Å². The molecule has 14 nitrogen and oxygen atoms in total. The molecule has 0 fully saturated rings. The number of fused-ring (bicyclic) bond motifs is 1. The monoisotopic (exact) mass is 634 g/mol. The zero-order valence-corrected chi connectivity index (χ0v) is 24.2. The number of hydrogen-bond acceptors (Lipinski definition) is 10. The predicted molar refractivity (Wildman–Crippen MR) is 156 cm³/mol. The highest BCUT2D eigenvalue weighted by Gasteiger charge is 2.34. The number of aliphatic hydroxyl groups is 1. The van der Waals surface area contributed by atoms with Crippen LogP contribution in [0.4, 0.5) is 14.5 Å².